The summed E-state index contributed by atoms with van der Waals surface area (Å²) in [6.45, 7) is 3.24. The Hall–Kier alpha value is -3.59. The minimum Gasteiger partial charge on any atom is -0.462 e. The first-order valence-corrected chi connectivity index (χ1v) is 18.6. The number of allylic oxidation sites excluding steroid dienone is 20. The molecule has 0 aromatic rings. The highest BCUT2D eigenvalue weighted by molar-refractivity contribution is 7.47. The van der Waals surface area contributed by atoms with E-state index in [0.29, 0.717) is 19.3 Å². The summed E-state index contributed by atoms with van der Waals surface area (Å²) in [4.78, 5) is 34.6. The molecule has 0 aliphatic rings. The van der Waals surface area contributed by atoms with E-state index in [1.54, 1.807) is 0 Å². The molecule has 0 aromatic heterocycles. The molecule has 49 heavy (non-hydrogen) atoms. The molecular formula is C39H58NO8P. The van der Waals surface area contributed by atoms with Gasteiger partial charge in [-0.1, -0.05) is 142 Å². The number of carbonyl (C=O) groups excluding carboxylic acids is 2. The van der Waals surface area contributed by atoms with E-state index in [4.69, 9.17) is 24.3 Å². The van der Waals surface area contributed by atoms with E-state index >= 15 is 0 Å². The Bertz CT molecular complexity index is 1210. The van der Waals surface area contributed by atoms with Gasteiger partial charge in [-0.05, 0) is 44.9 Å². The second-order valence-corrected chi connectivity index (χ2v) is 12.0. The predicted molar refractivity (Wildman–Crippen MR) is 201 cm³/mol. The van der Waals surface area contributed by atoms with Gasteiger partial charge in [-0.2, -0.15) is 0 Å². The van der Waals surface area contributed by atoms with E-state index in [1.807, 2.05) is 103 Å². The van der Waals surface area contributed by atoms with Gasteiger partial charge in [0, 0.05) is 19.4 Å². The number of ether oxygens (including phenoxy) is 2. The Morgan fingerprint density at radius 1 is 0.612 bits per heavy atom. The molecule has 272 valence electrons. The van der Waals surface area contributed by atoms with Crippen LogP contribution in [0.3, 0.4) is 0 Å². The maximum absolute atomic E-state index is 12.5. The molecule has 10 heteroatoms. The van der Waals surface area contributed by atoms with E-state index < -0.39 is 32.5 Å². The molecule has 9 nitrogen and oxygen atoms in total. The number of phosphoric ester groups is 1. The Labute approximate surface area is 294 Å². The van der Waals surface area contributed by atoms with Gasteiger partial charge < -0.3 is 20.1 Å². The Balaban J connectivity index is 4.53. The van der Waals surface area contributed by atoms with Crippen molar-refractivity contribution in [1.29, 1.82) is 0 Å². The van der Waals surface area contributed by atoms with Gasteiger partial charge in [0.2, 0.25) is 0 Å². The summed E-state index contributed by atoms with van der Waals surface area (Å²) in [7, 11) is -4.41. The maximum atomic E-state index is 12.5. The first kappa shape index (κ1) is 45.4. The average Bonchev–Trinajstić information content (AvgIpc) is 3.08. The first-order chi connectivity index (χ1) is 23.8. The molecule has 0 amide bonds. The summed E-state index contributed by atoms with van der Waals surface area (Å²) in [5, 5.41) is 0. The number of rotatable bonds is 29. The quantitative estimate of drug-likeness (QED) is 0.0339. The van der Waals surface area contributed by atoms with Gasteiger partial charge in [-0.25, -0.2) is 4.57 Å². The van der Waals surface area contributed by atoms with E-state index in [0.717, 1.165) is 32.1 Å². The molecule has 2 unspecified atom stereocenters. The van der Waals surface area contributed by atoms with Gasteiger partial charge in [0.25, 0.3) is 0 Å². The Kier molecular flexibility index (Phi) is 31.8. The number of nitrogens with two attached hydrogens (primary N) is 1. The van der Waals surface area contributed by atoms with Crippen LogP contribution < -0.4 is 5.73 Å². The van der Waals surface area contributed by atoms with Crippen molar-refractivity contribution in [2.45, 2.75) is 84.2 Å². The largest absolute Gasteiger partial charge is 0.472 e. The summed E-state index contributed by atoms with van der Waals surface area (Å²) < 4.78 is 32.4. The van der Waals surface area contributed by atoms with Gasteiger partial charge in [0.05, 0.1) is 13.2 Å². The third-order valence-corrected chi connectivity index (χ3v) is 7.08. The van der Waals surface area contributed by atoms with Gasteiger partial charge in [-0.3, -0.25) is 18.6 Å². The first-order valence-electron chi connectivity index (χ1n) is 17.1. The third-order valence-electron chi connectivity index (χ3n) is 6.10. The number of carbonyl (C=O) groups is 2. The minimum absolute atomic E-state index is 0.0275. The molecule has 0 bridgehead atoms. The standard InChI is InChI=1S/C39H58NO8P/c1-3-5-7-9-11-13-15-17-18-20-21-23-25-27-29-31-38(41)45-35-37(36-47-49(43,44)46-34-33-40)48-39(42)32-30-28-26-24-22-19-16-14-12-10-8-6-4-2/h5-22,24,26,37H,3-4,23,25,27-36,40H2,1-2H3,(H,43,44)/b7-5+,8-6+,11-9+,12-10+,15-13+,16-14+,18-17+,21-20+,22-19+,26-24+. The highest BCUT2D eigenvalue weighted by Gasteiger charge is 2.25. The third kappa shape index (κ3) is 34.1. The molecule has 0 aliphatic carbocycles. The van der Waals surface area contributed by atoms with Crippen LogP contribution in [0.5, 0.6) is 0 Å². The lowest BCUT2D eigenvalue weighted by Crippen LogP contribution is -2.29. The van der Waals surface area contributed by atoms with Crippen LogP contribution in [0.2, 0.25) is 0 Å². The van der Waals surface area contributed by atoms with Crippen LogP contribution in [0.15, 0.2) is 122 Å². The van der Waals surface area contributed by atoms with Crippen molar-refractivity contribution in [3.8, 4) is 0 Å². The Morgan fingerprint density at radius 3 is 1.59 bits per heavy atom. The molecule has 0 spiro atoms. The van der Waals surface area contributed by atoms with Gasteiger partial charge in [0.15, 0.2) is 6.10 Å². The molecule has 0 saturated heterocycles. The zero-order valence-corrected chi connectivity index (χ0v) is 30.2. The number of esters is 2. The number of hydrogen-bond donors (Lipinski definition) is 2. The monoisotopic (exact) mass is 699 g/mol. The SMILES string of the molecule is CC/C=C/C=C/C=C/C=C/C=C/CCCCCC(=O)OCC(COP(=O)(O)OCCN)OC(=O)CCC/C=C/C=C/C=C/C=C/C=C/CC. The van der Waals surface area contributed by atoms with Crippen molar-refractivity contribution in [3.05, 3.63) is 122 Å². The number of unbranched alkanes of at least 4 members (excludes halogenated alkanes) is 4. The van der Waals surface area contributed by atoms with Crippen molar-refractivity contribution in [1.82, 2.24) is 0 Å². The lowest BCUT2D eigenvalue weighted by molar-refractivity contribution is -0.161. The average molecular weight is 700 g/mol. The van der Waals surface area contributed by atoms with Crippen molar-refractivity contribution >= 4 is 19.8 Å². The van der Waals surface area contributed by atoms with Crippen LogP contribution in [0.1, 0.15) is 78.1 Å². The van der Waals surface area contributed by atoms with Crippen LogP contribution in [0.4, 0.5) is 0 Å². The second kappa shape index (κ2) is 34.3. The molecule has 0 heterocycles. The fourth-order valence-corrected chi connectivity index (χ4v) is 4.39. The fraction of sp³-hybridized carbons (Fsp3) is 0.436. The second-order valence-electron chi connectivity index (χ2n) is 10.5. The number of phosphoric acid groups is 1. The van der Waals surface area contributed by atoms with Gasteiger partial charge >= 0.3 is 19.8 Å². The summed E-state index contributed by atoms with van der Waals surface area (Å²) in [6, 6.07) is 0. The zero-order chi connectivity index (χ0) is 36.1. The maximum Gasteiger partial charge on any atom is 0.472 e. The van der Waals surface area contributed by atoms with Crippen molar-refractivity contribution in [3.63, 3.8) is 0 Å². The fourth-order valence-electron chi connectivity index (χ4n) is 3.62. The van der Waals surface area contributed by atoms with E-state index in [9.17, 15) is 19.0 Å². The molecule has 0 aliphatic heterocycles. The molecular weight excluding hydrogens is 641 g/mol. The minimum atomic E-state index is -4.41. The lowest BCUT2D eigenvalue weighted by atomic mass is 10.1. The van der Waals surface area contributed by atoms with Crippen LogP contribution >= 0.6 is 7.82 Å². The normalized spacial score (nSPS) is 14.9. The van der Waals surface area contributed by atoms with Crippen LogP contribution in [-0.2, 0) is 32.7 Å². The zero-order valence-electron chi connectivity index (χ0n) is 29.4. The Morgan fingerprint density at radius 2 is 1.08 bits per heavy atom. The molecule has 0 fully saturated rings. The van der Waals surface area contributed by atoms with Crippen LogP contribution in [-0.4, -0.2) is 49.3 Å². The summed E-state index contributed by atoms with van der Waals surface area (Å²) in [5.41, 5.74) is 5.31. The lowest BCUT2D eigenvalue weighted by Gasteiger charge is -2.19. The van der Waals surface area contributed by atoms with Crippen molar-refractivity contribution in [2.75, 3.05) is 26.4 Å². The topological polar surface area (TPSA) is 134 Å². The molecule has 0 aromatic carbocycles. The highest BCUT2D eigenvalue weighted by Crippen LogP contribution is 2.43. The highest BCUT2D eigenvalue weighted by atomic mass is 31.2. The summed E-state index contributed by atoms with van der Waals surface area (Å²) >= 11 is 0. The van der Waals surface area contributed by atoms with E-state index in [1.165, 1.54) is 0 Å². The smallest absolute Gasteiger partial charge is 0.462 e. The summed E-state index contributed by atoms with van der Waals surface area (Å²) in [6.07, 6.45) is 45.3. The van der Waals surface area contributed by atoms with Crippen molar-refractivity contribution < 1.29 is 37.6 Å². The predicted octanol–water partition coefficient (Wildman–Crippen LogP) is 9.04. The van der Waals surface area contributed by atoms with E-state index in [-0.39, 0.29) is 32.6 Å². The van der Waals surface area contributed by atoms with Crippen LogP contribution in [0.25, 0.3) is 0 Å². The molecule has 0 radical (unpaired) electrons. The molecule has 0 saturated carbocycles. The van der Waals surface area contributed by atoms with Gasteiger partial charge in [0.1, 0.15) is 6.61 Å². The van der Waals surface area contributed by atoms with E-state index in [2.05, 4.69) is 32.1 Å². The molecule has 3 N–H and O–H groups in total. The van der Waals surface area contributed by atoms with Crippen molar-refractivity contribution in [2.24, 2.45) is 5.73 Å². The van der Waals surface area contributed by atoms with Crippen LogP contribution in [0, 0.1) is 0 Å². The molecule has 0 rings (SSSR count). The number of hydrogen-bond acceptors (Lipinski definition) is 8. The summed E-state index contributed by atoms with van der Waals surface area (Å²) in [5.74, 6) is -0.985. The molecule has 2 atom stereocenters. The van der Waals surface area contributed by atoms with Gasteiger partial charge in [-0.15, -0.1) is 0 Å².